The number of ether oxygens (including phenoxy) is 1. The van der Waals surface area contributed by atoms with Gasteiger partial charge in [-0.2, -0.15) is 8.78 Å². The molecule has 0 bridgehead atoms. The number of urea groups is 1. The number of likely N-dealkylation sites (tertiary alicyclic amines) is 1. The van der Waals surface area contributed by atoms with E-state index in [9.17, 15) is 13.6 Å². The standard InChI is InChI=1S/C12H13ClF2N2O2/c13-9-7-8(3-4-10(9)19-11(14)15)16-12(18)17-5-1-2-6-17/h3-4,7,11H,1-2,5-6H2,(H,16,18). The number of alkyl halides is 2. The summed E-state index contributed by atoms with van der Waals surface area (Å²) in [4.78, 5) is 13.5. The molecule has 1 heterocycles. The van der Waals surface area contributed by atoms with Crippen molar-refractivity contribution >= 4 is 23.3 Å². The molecule has 0 unspecified atom stereocenters. The van der Waals surface area contributed by atoms with Crippen LogP contribution >= 0.6 is 11.6 Å². The van der Waals surface area contributed by atoms with Crippen molar-refractivity contribution in [3.63, 3.8) is 0 Å². The van der Waals surface area contributed by atoms with Crippen LogP contribution in [0.4, 0.5) is 19.3 Å². The Kier molecular flexibility index (Phi) is 4.42. The van der Waals surface area contributed by atoms with E-state index in [-0.39, 0.29) is 16.8 Å². The molecule has 0 atom stereocenters. The fraction of sp³-hybridized carbons (Fsp3) is 0.417. The molecule has 2 amide bonds. The zero-order valence-electron chi connectivity index (χ0n) is 10.0. The van der Waals surface area contributed by atoms with Gasteiger partial charge >= 0.3 is 12.6 Å². The first-order chi connectivity index (χ1) is 9.06. The Labute approximate surface area is 114 Å². The van der Waals surface area contributed by atoms with E-state index >= 15 is 0 Å². The minimum absolute atomic E-state index is 0.0273. The molecule has 0 aliphatic carbocycles. The first-order valence-corrected chi connectivity index (χ1v) is 6.24. The van der Waals surface area contributed by atoms with Crippen LogP contribution in [0.5, 0.6) is 5.75 Å². The summed E-state index contributed by atoms with van der Waals surface area (Å²) in [5.41, 5.74) is 0.448. The molecule has 104 valence electrons. The second kappa shape index (κ2) is 6.06. The molecule has 2 rings (SSSR count). The minimum Gasteiger partial charge on any atom is -0.433 e. The van der Waals surface area contributed by atoms with Crippen molar-refractivity contribution < 1.29 is 18.3 Å². The van der Waals surface area contributed by atoms with E-state index < -0.39 is 6.61 Å². The van der Waals surface area contributed by atoms with Gasteiger partial charge in [0.2, 0.25) is 0 Å². The van der Waals surface area contributed by atoms with Gasteiger partial charge in [0.15, 0.2) is 0 Å². The summed E-state index contributed by atoms with van der Waals surface area (Å²) >= 11 is 5.79. The van der Waals surface area contributed by atoms with Gasteiger partial charge in [0.05, 0.1) is 5.02 Å². The van der Waals surface area contributed by atoms with Crippen molar-refractivity contribution in [2.45, 2.75) is 19.5 Å². The van der Waals surface area contributed by atoms with Crippen LogP contribution in [0.2, 0.25) is 5.02 Å². The van der Waals surface area contributed by atoms with Gasteiger partial charge in [-0.05, 0) is 31.0 Å². The summed E-state index contributed by atoms with van der Waals surface area (Å²) < 4.78 is 28.3. The van der Waals surface area contributed by atoms with Gasteiger partial charge in [0.1, 0.15) is 5.75 Å². The Morgan fingerprint density at radius 3 is 2.63 bits per heavy atom. The predicted molar refractivity (Wildman–Crippen MR) is 67.9 cm³/mol. The number of nitrogens with zero attached hydrogens (tertiary/aromatic N) is 1. The lowest BCUT2D eigenvalue weighted by atomic mass is 10.3. The number of hydrogen-bond donors (Lipinski definition) is 1. The molecule has 0 spiro atoms. The number of hydrogen-bond acceptors (Lipinski definition) is 2. The molecule has 1 aliphatic rings. The highest BCUT2D eigenvalue weighted by Gasteiger charge is 2.18. The van der Waals surface area contributed by atoms with Crippen molar-refractivity contribution in [1.82, 2.24) is 4.90 Å². The van der Waals surface area contributed by atoms with Crippen molar-refractivity contribution in [1.29, 1.82) is 0 Å². The lowest BCUT2D eigenvalue weighted by Gasteiger charge is -2.16. The number of carbonyl (C=O) groups is 1. The number of benzene rings is 1. The van der Waals surface area contributed by atoms with Crippen LogP contribution < -0.4 is 10.1 Å². The summed E-state index contributed by atoms with van der Waals surface area (Å²) in [5.74, 6) is -0.115. The third-order valence-electron chi connectivity index (χ3n) is 2.79. The van der Waals surface area contributed by atoms with Gasteiger partial charge in [-0.3, -0.25) is 0 Å². The third kappa shape index (κ3) is 3.70. The molecule has 0 saturated carbocycles. The van der Waals surface area contributed by atoms with Gasteiger partial charge in [-0.1, -0.05) is 11.6 Å². The molecule has 1 aromatic rings. The number of nitrogens with one attached hydrogen (secondary N) is 1. The molecule has 0 radical (unpaired) electrons. The van der Waals surface area contributed by atoms with Crippen LogP contribution in [0.3, 0.4) is 0 Å². The molecule has 7 heteroatoms. The third-order valence-corrected chi connectivity index (χ3v) is 3.09. The molecule has 1 aromatic carbocycles. The first kappa shape index (κ1) is 13.9. The largest absolute Gasteiger partial charge is 0.433 e. The highest BCUT2D eigenvalue weighted by atomic mass is 35.5. The Balaban J connectivity index is 2.01. The maximum Gasteiger partial charge on any atom is 0.387 e. The number of rotatable bonds is 3. The molecule has 1 fully saturated rings. The topological polar surface area (TPSA) is 41.6 Å². The highest BCUT2D eigenvalue weighted by Crippen LogP contribution is 2.29. The van der Waals surface area contributed by atoms with Crippen LogP contribution in [0.25, 0.3) is 0 Å². The first-order valence-electron chi connectivity index (χ1n) is 5.86. The average molecular weight is 291 g/mol. The summed E-state index contributed by atoms with van der Waals surface area (Å²) in [6.45, 7) is -1.47. The SMILES string of the molecule is O=C(Nc1ccc(OC(F)F)c(Cl)c1)N1CCCC1. The van der Waals surface area contributed by atoms with Crippen LogP contribution in [0, 0.1) is 0 Å². The smallest absolute Gasteiger partial charge is 0.387 e. The van der Waals surface area contributed by atoms with E-state index in [2.05, 4.69) is 10.1 Å². The quantitative estimate of drug-likeness (QED) is 0.924. The summed E-state index contributed by atoms with van der Waals surface area (Å²) in [6.07, 6.45) is 1.99. The maximum atomic E-state index is 12.1. The second-order valence-corrected chi connectivity index (χ2v) is 4.56. The second-order valence-electron chi connectivity index (χ2n) is 4.15. The molecular weight excluding hydrogens is 278 g/mol. The van der Waals surface area contributed by atoms with Gasteiger partial charge in [-0.15, -0.1) is 0 Å². The van der Waals surface area contributed by atoms with Crippen LogP contribution in [0.1, 0.15) is 12.8 Å². The van der Waals surface area contributed by atoms with Gasteiger partial charge in [-0.25, -0.2) is 4.79 Å². The van der Waals surface area contributed by atoms with Crippen LogP contribution in [0.15, 0.2) is 18.2 Å². The van der Waals surface area contributed by atoms with Crippen molar-refractivity contribution in [2.24, 2.45) is 0 Å². The molecule has 1 saturated heterocycles. The maximum absolute atomic E-state index is 12.1. The number of halogens is 3. The molecule has 0 aromatic heterocycles. The van der Waals surface area contributed by atoms with E-state index in [0.29, 0.717) is 5.69 Å². The fourth-order valence-electron chi connectivity index (χ4n) is 1.89. The Morgan fingerprint density at radius 2 is 2.05 bits per heavy atom. The number of amides is 2. The van der Waals surface area contributed by atoms with Crippen LogP contribution in [-0.2, 0) is 0 Å². The molecule has 19 heavy (non-hydrogen) atoms. The zero-order chi connectivity index (χ0) is 13.8. The minimum atomic E-state index is -2.93. The summed E-state index contributed by atoms with van der Waals surface area (Å²) in [5, 5.41) is 2.69. The fourth-order valence-corrected chi connectivity index (χ4v) is 2.12. The van der Waals surface area contributed by atoms with Gasteiger partial charge < -0.3 is 15.0 Å². The van der Waals surface area contributed by atoms with Crippen molar-refractivity contribution in [3.05, 3.63) is 23.2 Å². The zero-order valence-corrected chi connectivity index (χ0v) is 10.8. The normalized spacial score (nSPS) is 14.8. The summed E-state index contributed by atoms with van der Waals surface area (Å²) in [6, 6.07) is 3.94. The highest BCUT2D eigenvalue weighted by molar-refractivity contribution is 6.32. The van der Waals surface area contributed by atoms with E-state index in [1.807, 2.05) is 0 Å². The van der Waals surface area contributed by atoms with Gasteiger partial charge in [0.25, 0.3) is 0 Å². The summed E-state index contributed by atoms with van der Waals surface area (Å²) in [7, 11) is 0. The van der Waals surface area contributed by atoms with Crippen LogP contribution in [-0.4, -0.2) is 30.6 Å². The molecule has 1 aliphatic heterocycles. The Hall–Kier alpha value is -1.56. The van der Waals surface area contributed by atoms with Crippen molar-refractivity contribution in [3.8, 4) is 5.75 Å². The van der Waals surface area contributed by atoms with E-state index in [1.54, 1.807) is 4.90 Å². The Morgan fingerprint density at radius 1 is 1.37 bits per heavy atom. The molecule has 4 nitrogen and oxygen atoms in total. The number of anilines is 1. The average Bonchev–Trinajstić information content (AvgIpc) is 2.86. The molecule has 1 N–H and O–H groups in total. The van der Waals surface area contributed by atoms with E-state index in [4.69, 9.17) is 11.6 Å². The number of carbonyl (C=O) groups excluding carboxylic acids is 1. The van der Waals surface area contributed by atoms with Gasteiger partial charge in [0, 0.05) is 18.8 Å². The monoisotopic (exact) mass is 290 g/mol. The van der Waals surface area contributed by atoms with E-state index in [0.717, 1.165) is 25.9 Å². The van der Waals surface area contributed by atoms with E-state index in [1.165, 1.54) is 18.2 Å². The Bertz CT molecular complexity index is 465. The predicted octanol–water partition coefficient (Wildman–Crippen LogP) is 3.57. The molecular formula is C12H13ClF2N2O2. The lowest BCUT2D eigenvalue weighted by molar-refractivity contribution is -0.0497. The lowest BCUT2D eigenvalue weighted by Crippen LogP contribution is -2.32. The van der Waals surface area contributed by atoms with Crippen molar-refractivity contribution in [2.75, 3.05) is 18.4 Å².